The lowest BCUT2D eigenvalue weighted by Gasteiger charge is -2.18. The Labute approximate surface area is 140 Å². The molecule has 0 aliphatic carbocycles. The van der Waals surface area contributed by atoms with Crippen LogP contribution in [0.15, 0.2) is 48.7 Å². The Morgan fingerprint density at radius 1 is 1.17 bits per heavy atom. The fourth-order valence-electron chi connectivity index (χ4n) is 2.14. The average Bonchev–Trinajstić information content (AvgIpc) is 2.53. The van der Waals surface area contributed by atoms with Crippen LogP contribution in [0.25, 0.3) is 0 Å². The molecule has 0 aliphatic rings. The van der Waals surface area contributed by atoms with Crippen molar-refractivity contribution < 1.29 is 9.59 Å². The van der Waals surface area contributed by atoms with Crippen LogP contribution in [-0.2, 0) is 16.1 Å². The molecule has 0 saturated heterocycles. The third-order valence-corrected chi connectivity index (χ3v) is 3.48. The van der Waals surface area contributed by atoms with Gasteiger partial charge in [-0.15, -0.1) is 0 Å². The molecule has 2 aromatic rings. The van der Waals surface area contributed by atoms with E-state index in [1.165, 1.54) is 6.92 Å². The van der Waals surface area contributed by atoms with Crippen molar-refractivity contribution in [3.8, 4) is 0 Å². The monoisotopic (exact) mass is 331 g/mol. The number of rotatable bonds is 6. The van der Waals surface area contributed by atoms with Crippen molar-refractivity contribution >= 4 is 23.4 Å². The van der Waals surface area contributed by atoms with Crippen LogP contribution in [0.1, 0.15) is 30.6 Å². The van der Waals surface area contributed by atoms with E-state index >= 15 is 0 Å². The first-order valence-corrected chi connectivity index (χ1v) is 7.61. The fourth-order valence-corrected chi connectivity index (χ4v) is 2.27. The molecule has 1 aromatic carbocycles. The van der Waals surface area contributed by atoms with Gasteiger partial charge >= 0.3 is 0 Å². The predicted octanol–water partition coefficient (Wildman–Crippen LogP) is 2.62. The minimum atomic E-state index is -0.395. The van der Waals surface area contributed by atoms with Crippen molar-refractivity contribution in [2.24, 2.45) is 0 Å². The van der Waals surface area contributed by atoms with E-state index in [1.54, 1.807) is 30.5 Å². The van der Waals surface area contributed by atoms with E-state index in [0.717, 1.165) is 11.3 Å². The summed E-state index contributed by atoms with van der Waals surface area (Å²) in [6.45, 7) is 1.78. The topological polar surface area (TPSA) is 71.1 Å². The van der Waals surface area contributed by atoms with Crippen LogP contribution in [0.3, 0.4) is 0 Å². The Balaban J connectivity index is 1.98. The molecule has 5 nitrogen and oxygen atoms in total. The highest BCUT2D eigenvalue weighted by Gasteiger charge is 2.17. The van der Waals surface area contributed by atoms with E-state index in [-0.39, 0.29) is 18.2 Å². The van der Waals surface area contributed by atoms with Gasteiger partial charge in [-0.2, -0.15) is 0 Å². The number of carbonyl (C=O) groups excluding carboxylic acids is 2. The summed E-state index contributed by atoms with van der Waals surface area (Å²) >= 11 is 5.87. The minimum Gasteiger partial charge on any atom is -0.350 e. The Morgan fingerprint density at radius 2 is 1.91 bits per heavy atom. The number of aromatic nitrogens is 1. The second kappa shape index (κ2) is 8.29. The van der Waals surface area contributed by atoms with Gasteiger partial charge in [-0.3, -0.25) is 14.6 Å². The quantitative estimate of drug-likeness (QED) is 0.854. The van der Waals surface area contributed by atoms with Crippen molar-refractivity contribution in [2.45, 2.75) is 25.9 Å². The predicted molar refractivity (Wildman–Crippen MR) is 88.7 cm³/mol. The van der Waals surface area contributed by atoms with Crippen LogP contribution in [0.5, 0.6) is 0 Å². The molecule has 0 fully saturated rings. The molecule has 23 heavy (non-hydrogen) atoms. The van der Waals surface area contributed by atoms with Gasteiger partial charge in [-0.25, -0.2) is 0 Å². The Hall–Kier alpha value is -2.40. The maximum absolute atomic E-state index is 12.1. The fraction of sp³-hybridized carbons (Fsp3) is 0.235. The molecule has 1 unspecified atom stereocenters. The zero-order valence-corrected chi connectivity index (χ0v) is 13.5. The van der Waals surface area contributed by atoms with E-state index < -0.39 is 6.04 Å². The molecule has 1 heterocycles. The maximum atomic E-state index is 12.1. The average molecular weight is 332 g/mol. The van der Waals surface area contributed by atoms with Gasteiger partial charge in [0.15, 0.2) is 0 Å². The molecule has 1 atom stereocenters. The van der Waals surface area contributed by atoms with Crippen molar-refractivity contribution in [2.75, 3.05) is 0 Å². The third kappa shape index (κ3) is 5.71. The number of benzene rings is 1. The smallest absolute Gasteiger partial charge is 0.222 e. The second-order valence-corrected chi connectivity index (χ2v) is 5.54. The van der Waals surface area contributed by atoms with Crippen LogP contribution in [0.4, 0.5) is 0 Å². The van der Waals surface area contributed by atoms with Gasteiger partial charge in [-0.05, 0) is 29.8 Å². The molecule has 0 saturated carbocycles. The number of nitrogens with one attached hydrogen (secondary N) is 2. The number of hydrogen-bond acceptors (Lipinski definition) is 3. The number of amides is 2. The van der Waals surface area contributed by atoms with Crippen LogP contribution in [0, 0.1) is 0 Å². The molecule has 2 N–H and O–H groups in total. The van der Waals surface area contributed by atoms with Crippen molar-refractivity contribution in [1.29, 1.82) is 0 Å². The molecule has 0 spiro atoms. The summed E-state index contributed by atoms with van der Waals surface area (Å²) in [6, 6.07) is 12.2. The molecular formula is C17H18ClN3O2. The van der Waals surface area contributed by atoms with E-state index in [1.807, 2.05) is 18.2 Å². The lowest BCUT2D eigenvalue weighted by Crippen LogP contribution is -2.32. The van der Waals surface area contributed by atoms with Crippen LogP contribution in [0.2, 0.25) is 5.02 Å². The molecule has 0 radical (unpaired) electrons. The lowest BCUT2D eigenvalue weighted by atomic mass is 10.0. The van der Waals surface area contributed by atoms with Gasteiger partial charge in [0.2, 0.25) is 11.8 Å². The number of halogens is 1. The highest BCUT2D eigenvalue weighted by molar-refractivity contribution is 6.30. The Bertz CT molecular complexity index is 659. The van der Waals surface area contributed by atoms with Gasteiger partial charge < -0.3 is 10.6 Å². The van der Waals surface area contributed by atoms with Gasteiger partial charge in [-0.1, -0.05) is 29.8 Å². The highest BCUT2D eigenvalue weighted by atomic mass is 35.5. The first kappa shape index (κ1) is 17.0. The molecule has 2 rings (SSSR count). The van der Waals surface area contributed by atoms with Gasteiger partial charge in [0, 0.05) is 18.1 Å². The third-order valence-electron chi connectivity index (χ3n) is 3.23. The molecule has 1 aromatic heterocycles. The molecule has 120 valence electrons. The summed E-state index contributed by atoms with van der Waals surface area (Å²) in [5.41, 5.74) is 1.61. The highest BCUT2D eigenvalue weighted by Crippen LogP contribution is 2.19. The van der Waals surface area contributed by atoms with Gasteiger partial charge in [0.05, 0.1) is 24.7 Å². The van der Waals surface area contributed by atoms with Crippen molar-refractivity contribution in [3.05, 3.63) is 64.9 Å². The Kier molecular flexibility index (Phi) is 6.11. The molecular weight excluding hydrogens is 314 g/mol. The molecule has 0 aliphatic heterocycles. The molecule has 0 bridgehead atoms. The number of nitrogens with zero attached hydrogens (tertiary/aromatic N) is 1. The second-order valence-electron chi connectivity index (χ2n) is 5.11. The van der Waals surface area contributed by atoms with E-state index in [9.17, 15) is 9.59 Å². The zero-order valence-electron chi connectivity index (χ0n) is 12.8. The summed E-state index contributed by atoms with van der Waals surface area (Å²) in [6.07, 6.45) is 1.82. The standard InChI is InChI=1S/C17H18ClN3O2/c1-12(22)21-16(13-5-7-14(18)8-6-13)10-17(23)20-11-15-4-2-3-9-19-15/h2-9,16H,10-11H2,1H3,(H,20,23)(H,21,22). The number of pyridine rings is 1. The van der Waals surface area contributed by atoms with Crippen LogP contribution in [-0.4, -0.2) is 16.8 Å². The van der Waals surface area contributed by atoms with E-state index in [2.05, 4.69) is 15.6 Å². The maximum Gasteiger partial charge on any atom is 0.222 e. The summed E-state index contributed by atoms with van der Waals surface area (Å²) < 4.78 is 0. The summed E-state index contributed by atoms with van der Waals surface area (Å²) in [4.78, 5) is 27.7. The Morgan fingerprint density at radius 3 is 2.52 bits per heavy atom. The van der Waals surface area contributed by atoms with Crippen molar-refractivity contribution in [1.82, 2.24) is 15.6 Å². The van der Waals surface area contributed by atoms with Crippen LogP contribution >= 0.6 is 11.6 Å². The van der Waals surface area contributed by atoms with Gasteiger partial charge in [0.1, 0.15) is 0 Å². The van der Waals surface area contributed by atoms with Crippen molar-refractivity contribution in [3.63, 3.8) is 0 Å². The number of carbonyl (C=O) groups is 2. The van der Waals surface area contributed by atoms with E-state index in [4.69, 9.17) is 11.6 Å². The first-order chi connectivity index (χ1) is 11.0. The number of hydrogen-bond donors (Lipinski definition) is 2. The summed E-state index contributed by atoms with van der Waals surface area (Å²) in [5, 5.41) is 6.20. The largest absolute Gasteiger partial charge is 0.350 e. The SMILES string of the molecule is CC(=O)NC(CC(=O)NCc1ccccn1)c1ccc(Cl)cc1. The lowest BCUT2D eigenvalue weighted by molar-refractivity contribution is -0.122. The normalized spacial score (nSPS) is 11.6. The molecule has 2 amide bonds. The van der Waals surface area contributed by atoms with Crippen LogP contribution < -0.4 is 10.6 Å². The zero-order chi connectivity index (χ0) is 16.7. The van der Waals surface area contributed by atoms with Gasteiger partial charge in [0.25, 0.3) is 0 Å². The van der Waals surface area contributed by atoms with E-state index in [0.29, 0.717) is 11.6 Å². The first-order valence-electron chi connectivity index (χ1n) is 7.24. The molecule has 6 heteroatoms. The summed E-state index contributed by atoms with van der Waals surface area (Å²) in [7, 11) is 0. The summed E-state index contributed by atoms with van der Waals surface area (Å²) in [5.74, 6) is -0.355. The minimum absolute atomic E-state index is 0.147.